The van der Waals surface area contributed by atoms with E-state index >= 15 is 0 Å². The number of carbonyl (C=O) groups is 1. The van der Waals surface area contributed by atoms with Gasteiger partial charge in [0.1, 0.15) is 22.8 Å². The summed E-state index contributed by atoms with van der Waals surface area (Å²) in [5.41, 5.74) is 2.53. The Bertz CT molecular complexity index is 899. The average Bonchev–Trinajstić information content (AvgIpc) is 3.38. The predicted octanol–water partition coefficient (Wildman–Crippen LogP) is 2.11. The van der Waals surface area contributed by atoms with Crippen LogP contribution in [-0.2, 0) is 9.53 Å². The lowest BCUT2D eigenvalue weighted by Gasteiger charge is -2.14. The Labute approximate surface area is 166 Å². The number of nitrogens with one attached hydrogen (secondary N) is 2. The molecule has 0 saturated carbocycles. The number of aromatic nitrogens is 4. The highest BCUT2D eigenvalue weighted by Crippen LogP contribution is 2.35. The van der Waals surface area contributed by atoms with Crippen LogP contribution in [0.1, 0.15) is 13.3 Å². The monoisotopic (exact) mass is 402 g/mol. The summed E-state index contributed by atoms with van der Waals surface area (Å²) in [5.74, 6) is 0.578. The number of anilines is 1. The molecule has 1 aliphatic heterocycles. The summed E-state index contributed by atoms with van der Waals surface area (Å²) in [7, 11) is 1.84. The van der Waals surface area contributed by atoms with Crippen LogP contribution in [0.3, 0.4) is 0 Å². The third-order valence-corrected chi connectivity index (χ3v) is 4.87. The molecule has 1 atom stereocenters. The van der Waals surface area contributed by atoms with Crippen LogP contribution in [0.2, 0.25) is 0 Å². The van der Waals surface area contributed by atoms with Gasteiger partial charge < -0.3 is 20.1 Å². The van der Waals surface area contributed by atoms with Crippen molar-refractivity contribution in [1.82, 2.24) is 25.3 Å². The van der Waals surface area contributed by atoms with Gasteiger partial charge in [-0.25, -0.2) is 19.9 Å². The zero-order valence-corrected chi connectivity index (χ0v) is 16.5. The van der Waals surface area contributed by atoms with E-state index in [4.69, 9.17) is 9.47 Å². The van der Waals surface area contributed by atoms with Gasteiger partial charge in [-0.1, -0.05) is 11.3 Å². The topological polar surface area (TPSA) is 111 Å². The molecule has 1 unspecified atom stereocenters. The molecule has 0 spiro atoms. The van der Waals surface area contributed by atoms with Gasteiger partial charge in [0.15, 0.2) is 5.13 Å². The Hall–Kier alpha value is -2.85. The number of hydrogen-bond acceptors (Lipinski definition) is 9. The van der Waals surface area contributed by atoms with Crippen LogP contribution in [-0.4, -0.2) is 59.3 Å². The van der Waals surface area contributed by atoms with Crippen molar-refractivity contribution in [3.8, 4) is 17.0 Å². The van der Waals surface area contributed by atoms with Crippen molar-refractivity contribution in [3.05, 3.63) is 24.8 Å². The number of thiazole rings is 1. The van der Waals surface area contributed by atoms with Gasteiger partial charge in [-0.15, -0.1) is 0 Å². The molecule has 0 radical (unpaired) electrons. The van der Waals surface area contributed by atoms with Gasteiger partial charge in [-0.2, -0.15) is 0 Å². The van der Waals surface area contributed by atoms with Gasteiger partial charge in [0.05, 0.1) is 13.2 Å². The minimum Gasteiger partial charge on any atom is -0.471 e. The van der Waals surface area contributed by atoms with Crippen molar-refractivity contribution in [3.63, 3.8) is 0 Å². The summed E-state index contributed by atoms with van der Waals surface area (Å²) in [4.78, 5) is 27.5. The molecular formula is C18H22N6O3S. The Morgan fingerprint density at radius 1 is 1.36 bits per heavy atom. The summed E-state index contributed by atoms with van der Waals surface area (Å²) in [6, 6.07) is 1.98. The summed E-state index contributed by atoms with van der Waals surface area (Å²) in [6.07, 6.45) is 6.58. The quantitative estimate of drug-likeness (QED) is 0.603. The number of ether oxygens (including phenoxy) is 2. The first kappa shape index (κ1) is 19.9. The lowest BCUT2D eigenvalue weighted by atomic mass is 10.1. The van der Waals surface area contributed by atoms with E-state index in [1.165, 1.54) is 17.7 Å². The fourth-order valence-electron chi connectivity index (χ4n) is 2.54. The number of rotatable bonds is 6. The fraction of sp³-hybridized carbons (Fsp3) is 0.389. The van der Waals surface area contributed by atoms with Crippen LogP contribution in [0.25, 0.3) is 21.5 Å². The van der Waals surface area contributed by atoms with Crippen molar-refractivity contribution in [2.24, 2.45) is 0 Å². The van der Waals surface area contributed by atoms with Crippen LogP contribution < -0.4 is 15.4 Å². The molecule has 28 heavy (non-hydrogen) atoms. The highest BCUT2D eigenvalue weighted by molar-refractivity contribution is 7.21. The predicted molar refractivity (Wildman–Crippen MR) is 108 cm³/mol. The molecule has 4 rings (SSSR count). The zero-order chi connectivity index (χ0) is 19.8. The van der Waals surface area contributed by atoms with Crippen molar-refractivity contribution >= 4 is 33.2 Å². The molecule has 4 heterocycles. The molecule has 3 aromatic heterocycles. The van der Waals surface area contributed by atoms with E-state index in [0.29, 0.717) is 18.9 Å². The first-order chi connectivity index (χ1) is 13.7. The molecule has 3 aromatic rings. The Balaban J connectivity index is 0.000000403. The number of carbonyl (C=O) groups excluding carboxylic acids is 1. The van der Waals surface area contributed by atoms with Gasteiger partial charge in [-0.05, 0) is 13.0 Å². The highest BCUT2D eigenvalue weighted by Gasteiger charge is 2.21. The van der Waals surface area contributed by atoms with Gasteiger partial charge in [-0.3, -0.25) is 4.79 Å². The standard InChI is InChI=1S/C15H15N5O2S.C3H7NO/c1-16-15-19-12-4-11(9-5-17-8-18-6-9)13(20-14(12)23-15)22-10-2-3-21-7-10;1-2-4-3-5/h4-6,8,10H,2-3,7H2,1H3,(H,16,19);3H,2H2,1H3,(H,4,5). The smallest absolute Gasteiger partial charge is 0.223 e. The van der Waals surface area contributed by atoms with E-state index in [1.54, 1.807) is 12.4 Å². The molecule has 148 valence electrons. The van der Waals surface area contributed by atoms with Crippen molar-refractivity contribution in [2.75, 3.05) is 32.1 Å². The summed E-state index contributed by atoms with van der Waals surface area (Å²) >= 11 is 1.50. The van der Waals surface area contributed by atoms with Crippen LogP contribution >= 0.6 is 11.3 Å². The SMILES string of the molecule is CCNC=O.CNc1nc2cc(-c3cncnc3)c(OC3CCOC3)nc2s1. The largest absolute Gasteiger partial charge is 0.471 e. The van der Waals surface area contributed by atoms with E-state index in [2.05, 4.69) is 30.6 Å². The molecular weight excluding hydrogens is 380 g/mol. The molecule has 1 amide bonds. The normalized spacial score (nSPS) is 15.6. The molecule has 1 fully saturated rings. The average molecular weight is 402 g/mol. The molecule has 1 aliphatic rings. The van der Waals surface area contributed by atoms with Gasteiger partial charge >= 0.3 is 0 Å². The maximum atomic E-state index is 9.29. The van der Waals surface area contributed by atoms with Crippen molar-refractivity contribution in [1.29, 1.82) is 0 Å². The van der Waals surface area contributed by atoms with E-state index in [9.17, 15) is 4.79 Å². The van der Waals surface area contributed by atoms with Gasteiger partial charge in [0.25, 0.3) is 0 Å². The van der Waals surface area contributed by atoms with Gasteiger partial charge in [0, 0.05) is 43.5 Å². The third kappa shape index (κ3) is 4.90. The number of pyridine rings is 1. The maximum absolute atomic E-state index is 9.29. The second kappa shape index (κ2) is 9.90. The number of fused-ring (bicyclic) bond motifs is 1. The minimum absolute atomic E-state index is 0.0278. The van der Waals surface area contributed by atoms with Crippen LogP contribution in [0.15, 0.2) is 24.8 Å². The number of hydrogen-bond donors (Lipinski definition) is 2. The van der Waals surface area contributed by atoms with E-state index in [1.807, 2.05) is 20.0 Å². The molecule has 9 nitrogen and oxygen atoms in total. The first-order valence-corrected chi connectivity index (χ1v) is 9.73. The molecule has 1 saturated heterocycles. The lowest BCUT2D eigenvalue weighted by molar-refractivity contribution is -0.109. The lowest BCUT2D eigenvalue weighted by Crippen LogP contribution is -2.17. The minimum atomic E-state index is 0.0278. The van der Waals surface area contributed by atoms with Gasteiger partial charge in [0.2, 0.25) is 12.3 Å². The van der Waals surface area contributed by atoms with E-state index < -0.39 is 0 Å². The fourth-order valence-corrected chi connectivity index (χ4v) is 3.30. The van der Waals surface area contributed by atoms with Crippen LogP contribution in [0.4, 0.5) is 5.13 Å². The molecule has 2 N–H and O–H groups in total. The van der Waals surface area contributed by atoms with Crippen LogP contribution in [0, 0.1) is 0 Å². The molecule has 0 bridgehead atoms. The van der Waals surface area contributed by atoms with E-state index in [-0.39, 0.29) is 6.10 Å². The van der Waals surface area contributed by atoms with E-state index in [0.717, 1.165) is 46.2 Å². The number of amides is 1. The summed E-state index contributed by atoms with van der Waals surface area (Å²) < 4.78 is 11.5. The van der Waals surface area contributed by atoms with Crippen LogP contribution in [0.5, 0.6) is 5.88 Å². The molecule has 0 aliphatic carbocycles. The second-order valence-corrected chi connectivity index (χ2v) is 6.82. The summed E-state index contributed by atoms with van der Waals surface area (Å²) in [6.45, 7) is 3.91. The maximum Gasteiger partial charge on any atom is 0.223 e. The third-order valence-electron chi connectivity index (χ3n) is 3.89. The second-order valence-electron chi connectivity index (χ2n) is 5.84. The molecule has 0 aromatic carbocycles. The van der Waals surface area contributed by atoms with Crippen molar-refractivity contribution < 1.29 is 14.3 Å². The first-order valence-electron chi connectivity index (χ1n) is 8.91. The molecule has 10 heteroatoms. The zero-order valence-electron chi connectivity index (χ0n) is 15.7. The number of nitrogens with zero attached hydrogens (tertiary/aromatic N) is 4. The highest BCUT2D eigenvalue weighted by atomic mass is 32.1. The van der Waals surface area contributed by atoms with Crippen molar-refractivity contribution in [2.45, 2.75) is 19.4 Å². The Morgan fingerprint density at radius 3 is 2.79 bits per heavy atom. The Kier molecular flexibility index (Phi) is 7.04. The Morgan fingerprint density at radius 2 is 2.18 bits per heavy atom. The summed E-state index contributed by atoms with van der Waals surface area (Å²) in [5, 5.41) is 6.30.